The minimum absolute atomic E-state index is 0.0426. The first-order chi connectivity index (χ1) is 11.7. The molecular formula is C20H24N2O2. The van der Waals surface area contributed by atoms with Crippen LogP contribution in [0.5, 0.6) is 0 Å². The molecule has 0 aliphatic carbocycles. The maximum atomic E-state index is 12.7. The molecule has 0 aliphatic heterocycles. The van der Waals surface area contributed by atoms with Crippen molar-refractivity contribution in [1.82, 2.24) is 10.2 Å². The molecule has 1 N–H and O–H groups in total. The van der Waals surface area contributed by atoms with E-state index in [0.717, 1.165) is 11.1 Å². The van der Waals surface area contributed by atoms with Gasteiger partial charge in [-0.05, 0) is 18.1 Å². The zero-order chi connectivity index (χ0) is 17.4. The number of hydrogen-bond donors (Lipinski definition) is 1. The van der Waals surface area contributed by atoms with Crippen LogP contribution in [0.25, 0.3) is 0 Å². The van der Waals surface area contributed by atoms with Gasteiger partial charge in [0.05, 0.1) is 0 Å². The van der Waals surface area contributed by atoms with Crippen LogP contribution in [0.1, 0.15) is 37.4 Å². The molecule has 2 aromatic rings. The summed E-state index contributed by atoms with van der Waals surface area (Å²) in [4.78, 5) is 26.9. The van der Waals surface area contributed by atoms with Gasteiger partial charge < -0.3 is 10.2 Å². The summed E-state index contributed by atoms with van der Waals surface area (Å²) in [6, 6.07) is 18.6. The Morgan fingerprint density at radius 3 is 2.08 bits per heavy atom. The molecule has 0 fully saturated rings. The molecule has 2 rings (SSSR count). The highest BCUT2D eigenvalue weighted by molar-refractivity contribution is 5.88. The maximum absolute atomic E-state index is 12.7. The molecule has 4 nitrogen and oxygen atoms in total. The molecule has 0 aromatic heterocycles. The third-order valence-electron chi connectivity index (χ3n) is 3.84. The first kappa shape index (κ1) is 17.7. The van der Waals surface area contributed by atoms with Crippen LogP contribution in [0.3, 0.4) is 0 Å². The molecule has 0 radical (unpaired) electrons. The number of amides is 2. The molecule has 24 heavy (non-hydrogen) atoms. The van der Waals surface area contributed by atoms with E-state index in [1.807, 2.05) is 74.5 Å². The van der Waals surface area contributed by atoms with Crippen LogP contribution in [0.2, 0.25) is 0 Å². The van der Waals surface area contributed by atoms with Crippen molar-refractivity contribution in [2.75, 3.05) is 6.54 Å². The van der Waals surface area contributed by atoms with E-state index in [0.29, 0.717) is 19.5 Å². The lowest BCUT2D eigenvalue weighted by atomic mass is 10.0. The molecule has 2 aromatic carbocycles. The van der Waals surface area contributed by atoms with Gasteiger partial charge in [0.15, 0.2) is 0 Å². The lowest BCUT2D eigenvalue weighted by Gasteiger charge is -2.31. The quantitative estimate of drug-likeness (QED) is 0.849. The van der Waals surface area contributed by atoms with Crippen LogP contribution in [0.4, 0.5) is 0 Å². The molecule has 0 spiro atoms. The van der Waals surface area contributed by atoms with Gasteiger partial charge in [-0.2, -0.15) is 0 Å². The maximum Gasteiger partial charge on any atom is 0.247 e. The summed E-state index contributed by atoms with van der Waals surface area (Å²) < 4.78 is 0. The second kappa shape index (κ2) is 8.87. The summed E-state index contributed by atoms with van der Waals surface area (Å²) in [6.45, 7) is 4.63. The van der Waals surface area contributed by atoms with Gasteiger partial charge in [0, 0.05) is 19.5 Å². The van der Waals surface area contributed by atoms with Crippen molar-refractivity contribution in [3.63, 3.8) is 0 Å². The summed E-state index contributed by atoms with van der Waals surface area (Å²) in [5.41, 5.74) is 1.82. The lowest BCUT2D eigenvalue weighted by Crippen LogP contribution is -2.43. The molecule has 1 atom stereocenters. The molecule has 126 valence electrons. The number of nitrogens with one attached hydrogen (secondary N) is 1. The molecule has 4 heteroatoms. The third kappa shape index (κ3) is 4.44. The average molecular weight is 324 g/mol. The van der Waals surface area contributed by atoms with Gasteiger partial charge in [0.1, 0.15) is 6.04 Å². The number of rotatable bonds is 7. The minimum Gasteiger partial charge on any atom is -0.354 e. The van der Waals surface area contributed by atoms with E-state index in [-0.39, 0.29) is 11.8 Å². The lowest BCUT2D eigenvalue weighted by molar-refractivity contribution is -0.141. The summed E-state index contributed by atoms with van der Waals surface area (Å²) in [5.74, 6) is -0.194. The Morgan fingerprint density at radius 1 is 0.958 bits per heavy atom. The highest BCUT2D eigenvalue weighted by atomic mass is 16.2. The molecule has 0 saturated carbocycles. The largest absolute Gasteiger partial charge is 0.354 e. The van der Waals surface area contributed by atoms with E-state index in [1.54, 1.807) is 4.90 Å². The first-order valence-electron chi connectivity index (χ1n) is 8.33. The second-order valence-corrected chi connectivity index (χ2v) is 5.57. The summed E-state index contributed by atoms with van der Waals surface area (Å²) in [7, 11) is 0. The van der Waals surface area contributed by atoms with Crippen molar-refractivity contribution >= 4 is 11.8 Å². The van der Waals surface area contributed by atoms with Crippen LogP contribution < -0.4 is 5.32 Å². The van der Waals surface area contributed by atoms with Crippen LogP contribution in [0.15, 0.2) is 60.7 Å². The number of benzene rings is 2. The number of carbonyl (C=O) groups is 2. The standard InChI is InChI=1S/C20H24N2O2/c1-3-18(23)22(15-16-11-7-5-8-12-16)19(20(24)21-4-2)17-13-9-6-10-14-17/h5-14,19H,3-4,15H2,1-2H3,(H,21,24)/t19-/m0/s1. The highest BCUT2D eigenvalue weighted by Gasteiger charge is 2.30. The van der Waals surface area contributed by atoms with Crippen molar-refractivity contribution in [1.29, 1.82) is 0 Å². The Bertz CT molecular complexity index is 656. The Kier molecular flexibility index (Phi) is 6.55. The van der Waals surface area contributed by atoms with Gasteiger partial charge in [-0.25, -0.2) is 0 Å². The predicted molar refractivity (Wildman–Crippen MR) is 95.1 cm³/mol. The van der Waals surface area contributed by atoms with Gasteiger partial charge in [-0.1, -0.05) is 67.6 Å². The van der Waals surface area contributed by atoms with E-state index in [9.17, 15) is 9.59 Å². The van der Waals surface area contributed by atoms with Crippen molar-refractivity contribution < 1.29 is 9.59 Å². The van der Waals surface area contributed by atoms with Crippen LogP contribution in [0, 0.1) is 0 Å². The monoisotopic (exact) mass is 324 g/mol. The highest BCUT2D eigenvalue weighted by Crippen LogP contribution is 2.24. The van der Waals surface area contributed by atoms with E-state index in [2.05, 4.69) is 5.32 Å². The summed E-state index contributed by atoms with van der Waals surface area (Å²) in [6.07, 6.45) is 0.357. The van der Waals surface area contributed by atoms with Gasteiger partial charge in [0.25, 0.3) is 0 Å². The van der Waals surface area contributed by atoms with E-state index in [1.165, 1.54) is 0 Å². The number of carbonyl (C=O) groups excluding carboxylic acids is 2. The number of hydrogen-bond acceptors (Lipinski definition) is 2. The molecule has 0 saturated heterocycles. The SMILES string of the molecule is CCNC(=O)[C@H](c1ccccc1)N(Cc1ccccc1)C(=O)CC. The van der Waals surface area contributed by atoms with E-state index >= 15 is 0 Å². The number of likely N-dealkylation sites (N-methyl/N-ethyl adjacent to an activating group) is 1. The Hall–Kier alpha value is -2.62. The molecule has 0 aliphatic rings. The smallest absolute Gasteiger partial charge is 0.247 e. The molecule has 2 amide bonds. The Labute approximate surface area is 143 Å². The van der Waals surface area contributed by atoms with Crippen LogP contribution >= 0.6 is 0 Å². The average Bonchev–Trinajstić information content (AvgIpc) is 2.62. The number of nitrogens with zero attached hydrogens (tertiary/aromatic N) is 1. The zero-order valence-corrected chi connectivity index (χ0v) is 14.2. The van der Waals surface area contributed by atoms with Gasteiger partial charge in [0.2, 0.25) is 11.8 Å². The minimum atomic E-state index is -0.626. The van der Waals surface area contributed by atoms with Crippen LogP contribution in [-0.2, 0) is 16.1 Å². The van der Waals surface area contributed by atoms with E-state index < -0.39 is 6.04 Å². The fourth-order valence-electron chi connectivity index (χ4n) is 2.69. The molecule has 0 heterocycles. The van der Waals surface area contributed by atoms with Gasteiger partial charge in [-0.3, -0.25) is 9.59 Å². The van der Waals surface area contributed by atoms with Crippen molar-refractivity contribution in [3.8, 4) is 0 Å². The normalized spacial score (nSPS) is 11.6. The van der Waals surface area contributed by atoms with Gasteiger partial charge >= 0.3 is 0 Å². The predicted octanol–water partition coefficient (Wildman–Crippen LogP) is 3.30. The van der Waals surface area contributed by atoms with Crippen LogP contribution in [-0.4, -0.2) is 23.3 Å². The Morgan fingerprint density at radius 2 is 1.54 bits per heavy atom. The topological polar surface area (TPSA) is 49.4 Å². The fourth-order valence-corrected chi connectivity index (χ4v) is 2.69. The summed E-state index contributed by atoms with van der Waals surface area (Å²) >= 11 is 0. The third-order valence-corrected chi connectivity index (χ3v) is 3.84. The summed E-state index contributed by atoms with van der Waals surface area (Å²) in [5, 5.41) is 2.86. The molecule has 0 bridgehead atoms. The van der Waals surface area contributed by atoms with Gasteiger partial charge in [-0.15, -0.1) is 0 Å². The van der Waals surface area contributed by atoms with E-state index in [4.69, 9.17) is 0 Å². The second-order valence-electron chi connectivity index (χ2n) is 5.57. The fraction of sp³-hybridized carbons (Fsp3) is 0.300. The molecule has 0 unspecified atom stereocenters. The first-order valence-corrected chi connectivity index (χ1v) is 8.33. The van der Waals surface area contributed by atoms with Crippen molar-refractivity contribution in [2.45, 2.75) is 32.9 Å². The van der Waals surface area contributed by atoms with Crippen molar-refractivity contribution in [2.24, 2.45) is 0 Å². The Balaban J connectivity index is 2.40. The van der Waals surface area contributed by atoms with Crippen molar-refractivity contribution in [3.05, 3.63) is 71.8 Å². The molecular weight excluding hydrogens is 300 g/mol. The zero-order valence-electron chi connectivity index (χ0n) is 14.2.